The summed E-state index contributed by atoms with van der Waals surface area (Å²) >= 11 is 0. The van der Waals surface area contributed by atoms with Crippen LogP contribution in [0.5, 0.6) is 0 Å². The van der Waals surface area contributed by atoms with Crippen molar-refractivity contribution >= 4 is 0 Å². The minimum atomic E-state index is -0.659. The van der Waals surface area contributed by atoms with Crippen LogP contribution < -0.4 is 0 Å². The molecule has 0 aromatic heterocycles. The van der Waals surface area contributed by atoms with Gasteiger partial charge in [-0.15, -0.1) is 0 Å². The molecular weight excluding hydrogens is 268 g/mol. The van der Waals surface area contributed by atoms with E-state index < -0.39 is 5.60 Å². The predicted octanol–water partition coefficient (Wildman–Crippen LogP) is 6.82. The van der Waals surface area contributed by atoms with Crippen molar-refractivity contribution in [2.45, 2.75) is 99.0 Å². The average molecular weight is 309 g/mol. The SMILES string of the molecule is CC.CC.CCC(C)(CC)c1ccc(C(O)(CC)CC)cc1. The average Bonchev–Trinajstić information content (AvgIpc) is 2.63. The van der Waals surface area contributed by atoms with Gasteiger partial charge < -0.3 is 5.11 Å². The molecule has 0 aliphatic rings. The lowest BCUT2D eigenvalue weighted by atomic mass is 9.77. The van der Waals surface area contributed by atoms with E-state index in [2.05, 4.69) is 45.0 Å². The molecule has 0 saturated carbocycles. The fourth-order valence-corrected chi connectivity index (χ4v) is 2.50. The molecule has 0 radical (unpaired) electrons. The molecule has 1 nitrogen and oxygen atoms in total. The third-order valence-corrected chi connectivity index (χ3v) is 4.85. The largest absolute Gasteiger partial charge is 0.385 e. The Hall–Kier alpha value is -0.820. The first-order chi connectivity index (χ1) is 10.5. The minimum absolute atomic E-state index is 0.259. The van der Waals surface area contributed by atoms with Crippen LogP contribution in [0.3, 0.4) is 0 Å². The topological polar surface area (TPSA) is 20.2 Å². The summed E-state index contributed by atoms with van der Waals surface area (Å²) in [4.78, 5) is 0. The van der Waals surface area contributed by atoms with E-state index in [0.29, 0.717) is 0 Å². The highest BCUT2D eigenvalue weighted by molar-refractivity contribution is 5.31. The Balaban J connectivity index is 0. The molecule has 130 valence electrons. The smallest absolute Gasteiger partial charge is 0.0891 e. The maximum atomic E-state index is 10.5. The maximum absolute atomic E-state index is 10.5. The third-order valence-electron chi connectivity index (χ3n) is 4.85. The second kappa shape index (κ2) is 11.7. The molecule has 1 aromatic carbocycles. The van der Waals surface area contributed by atoms with Gasteiger partial charge in [0.25, 0.3) is 0 Å². The Morgan fingerprint density at radius 3 is 1.27 bits per heavy atom. The van der Waals surface area contributed by atoms with Gasteiger partial charge in [-0.25, -0.2) is 0 Å². The normalized spacial score (nSPS) is 11.0. The molecule has 0 unspecified atom stereocenters. The van der Waals surface area contributed by atoms with Gasteiger partial charge in [-0.05, 0) is 42.2 Å². The van der Waals surface area contributed by atoms with Crippen molar-refractivity contribution in [2.24, 2.45) is 0 Å². The number of benzene rings is 1. The minimum Gasteiger partial charge on any atom is -0.385 e. The van der Waals surface area contributed by atoms with Crippen LogP contribution in [0.4, 0.5) is 0 Å². The zero-order chi connectivity index (χ0) is 17.8. The molecule has 0 saturated heterocycles. The van der Waals surface area contributed by atoms with Crippen molar-refractivity contribution in [1.82, 2.24) is 0 Å². The van der Waals surface area contributed by atoms with Crippen molar-refractivity contribution < 1.29 is 5.11 Å². The third kappa shape index (κ3) is 5.76. The van der Waals surface area contributed by atoms with Gasteiger partial charge in [0.15, 0.2) is 0 Å². The lowest BCUT2D eigenvalue weighted by Crippen LogP contribution is -2.24. The molecule has 1 heteroatoms. The Labute approximate surface area is 140 Å². The zero-order valence-electron chi connectivity index (χ0n) is 16.6. The van der Waals surface area contributed by atoms with E-state index in [1.165, 1.54) is 5.56 Å². The maximum Gasteiger partial charge on any atom is 0.0891 e. The van der Waals surface area contributed by atoms with E-state index in [0.717, 1.165) is 31.2 Å². The lowest BCUT2D eigenvalue weighted by Gasteiger charge is -2.30. The van der Waals surface area contributed by atoms with E-state index >= 15 is 0 Å². The summed E-state index contributed by atoms with van der Waals surface area (Å²) < 4.78 is 0. The number of hydrogen-bond acceptors (Lipinski definition) is 1. The Morgan fingerprint density at radius 2 is 1.00 bits per heavy atom. The summed E-state index contributed by atoms with van der Waals surface area (Å²) in [6, 6.07) is 8.59. The van der Waals surface area contributed by atoms with Gasteiger partial charge in [-0.1, -0.05) is 86.6 Å². The van der Waals surface area contributed by atoms with Crippen LogP contribution in [0.15, 0.2) is 24.3 Å². The van der Waals surface area contributed by atoms with Crippen molar-refractivity contribution in [3.63, 3.8) is 0 Å². The zero-order valence-corrected chi connectivity index (χ0v) is 16.6. The molecule has 1 rings (SSSR count). The van der Waals surface area contributed by atoms with Crippen molar-refractivity contribution in [1.29, 1.82) is 0 Å². The molecule has 0 atom stereocenters. The fourth-order valence-electron chi connectivity index (χ4n) is 2.50. The Morgan fingerprint density at radius 1 is 0.682 bits per heavy atom. The van der Waals surface area contributed by atoms with Gasteiger partial charge >= 0.3 is 0 Å². The molecule has 22 heavy (non-hydrogen) atoms. The molecule has 0 heterocycles. The van der Waals surface area contributed by atoms with Gasteiger partial charge in [0, 0.05) is 0 Å². The summed E-state index contributed by atoms with van der Waals surface area (Å²) in [6.45, 7) is 18.9. The van der Waals surface area contributed by atoms with Crippen molar-refractivity contribution in [3.05, 3.63) is 35.4 Å². The Bertz CT molecular complexity index is 319. The van der Waals surface area contributed by atoms with Gasteiger partial charge in [0.1, 0.15) is 0 Å². The first kappa shape index (κ1) is 23.4. The summed E-state index contributed by atoms with van der Waals surface area (Å²) in [5, 5.41) is 10.5. The summed E-state index contributed by atoms with van der Waals surface area (Å²) in [6.07, 6.45) is 3.83. The summed E-state index contributed by atoms with van der Waals surface area (Å²) in [7, 11) is 0. The standard InChI is InChI=1S/C17H28O.2C2H6/c1-6-16(5,7-2)14-10-12-15(13-11-14)17(18,8-3)9-4;2*1-2/h10-13,18H,6-9H2,1-5H3;2*1-2H3. The number of aliphatic hydroxyl groups is 1. The van der Waals surface area contributed by atoms with Gasteiger partial charge in [-0.2, -0.15) is 0 Å². The van der Waals surface area contributed by atoms with Crippen LogP contribution in [0.1, 0.15) is 99.1 Å². The molecule has 0 aliphatic carbocycles. The first-order valence-electron chi connectivity index (χ1n) is 9.29. The van der Waals surface area contributed by atoms with Crippen LogP contribution >= 0.6 is 0 Å². The molecule has 0 spiro atoms. The predicted molar refractivity (Wildman–Crippen MR) is 102 cm³/mol. The monoisotopic (exact) mass is 308 g/mol. The van der Waals surface area contributed by atoms with Crippen molar-refractivity contribution in [2.75, 3.05) is 0 Å². The van der Waals surface area contributed by atoms with E-state index in [-0.39, 0.29) is 5.41 Å². The quantitative estimate of drug-likeness (QED) is 0.611. The second-order valence-corrected chi connectivity index (χ2v) is 5.58. The first-order valence-corrected chi connectivity index (χ1v) is 9.29. The van der Waals surface area contributed by atoms with Gasteiger partial charge in [0.05, 0.1) is 5.60 Å². The number of rotatable bonds is 6. The Kier molecular flexibility index (Phi) is 12.5. The van der Waals surface area contributed by atoms with Crippen LogP contribution in [0, 0.1) is 0 Å². The summed E-state index contributed by atoms with van der Waals surface area (Å²) in [5.74, 6) is 0. The van der Waals surface area contributed by atoms with Gasteiger partial charge in [-0.3, -0.25) is 0 Å². The van der Waals surface area contributed by atoms with E-state index in [1.54, 1.807) is 0 Å². The molecule has 0 fully saturated rings. The number of hydrogen-bond donors (Lipinski definition) is 1. The molecular formula is C21H40O. The molecule has 0 bridgehead atoms. The second-order valence-electron chi connectivity index (χ2n) is 5.58. The van der Waals surface area contributed by atoms with Crippen LogP contribution in [-0.2, 0) is 11.0 Å². The highest BCUT2D eigenvalue weighted by Gasteiger charge is 2.26. The van der Waals surface area contributed by atoms with E-state index in [4.69, 9.17) is 0 Å². The summed E-state index contributed by atoms with van der Waals surface area (Å²) in [5.41, 5.74) is 2.03. The molecule has 0 aliphatic heterocycles. The van der Waals surface area contributed by atoms with Crippen molar-refractivity contribution in [3.8, 4) is 0 Å². The fraction of sp³-hybridized carbons (Fsp3) is 0.714. The highest BCUT2D eigenvalue weighted by atomic mass is 16.3. The van der Waals surface area contributed by atoms with Crippen LogP contribution in [-0.4, -0.2) is 5.11 Å². The van der Waals surface area contributed by atoms with Crippen LogP contribution in [0.2, 0.25) is 0 Å². The van der Waals surface area contributed by atoms with E-state index in [1.807, 2.05) is 41.5 Å². The van der Waals surface area contributed by atoms with Gasteiger partial charge in [0.2, 0.25) is 0 Å². The molecule has 1 aromatic rings. The van der Waals surface area contributed by atoms with Crippen LogP contribution in [0.25, 0.3) is 0 Å². The molecule has 1 N–H and O–H groups in total. The van der Waals surface area contributed by atoms with E-state index in [9.17, 15) is 5.11 Å². The lowest BCUT2D eigenvalue weighted by molar-refractivity contribution is 0.0283. The highest BCUT2D eigenvalue weighted by Crippen LogP contribution is 2.34. The molecule has 0 amide bonds.